The standard InChI is InChI=1S/C18H11N3O2S/c22-16-12-6-1-2-7-13(12)17(23)21(16)14-8-3-4-9-15(14)24-18-19-10-5-11-20-18/h1-11H. The van der Waals surface area contributed by atoms with Crippen LogP contribution in [-0.2, 0) is 0 Å². The average Bonchev–Trinajstić information content (AvgIpc) is 2.88. The average molecular weight is 333 g/mol. The van der Waals surface area contributed by atoms with Crippen LogP contribution >= 0.6 is 11.8 Å². The summed E-state index contributed by atoms with van der Waals surface area (Å²) in [6.07, 6.45) is 3.31. The van der Waals surface area contributed by atoms with Crippen LogP contribution in [0, 0.1) is 0 Å². The molecule has 0 saturated carbocycles. The zero-order valence-electron chi connectivity index (χ0n) is 12.4. The number of hydrogen-bond donors (Lipinski definition) is 0. The molecule has 0 fully saturated rings. The lowest BCUT2D eigenvalue weighted by atomic mass is 10.1. The summed E-state index contributed by atoms with van der Waals surface area (Å²) in [4.78, 5) is 35.7. The molecule has 2 aromatic carbocycles. The van der Waals surface area contributed by atoms with Gasteiger partial charge in [-0.15, -0.1) is 0 Å². The highest BCUT2D eigenvalue weighted by atomic mass is 32.2. The van der Waals surface area contributed by atoms with Crippen LogP contribution in [0.1, 0.15) is 20.7 Å². The maximum atomic E-state index is 12.7. The largest absolute Gasteiger partial charge is 0.268 e. The number of para-hydroxylation sites is 1. The number of imide groups is 1. The summed E-state index contributed by atoms with van der Waals surface area (Å²) in [6, 6.07) is 15.9. The van der Waals surface area contributed by atoms with E-state index in [1.807, 2.05) is 12.1 Å². The molecule has 0 aliphatic carbocycles. The van der Waals surface area contributed by atoms with Gasteiger partial charge >= 0.3 is 0 Å². The molecule has 116 valence electrons. The molecule has 2 amide bonds. The van der Waals surface area contributed by atoms with E-state index in [9.17, 15) is 9.59 Å². The molecule has 0 radical (unpaired) electrons. The molecule has 0 bridgehead atoms. The predicted molar refractivity (Wildman–Crippen MR) is 90.2 cm³/mol. The summed E-state index contributed by atoms with van der Waals surface area (Å²) in [6.45, 7) is 0. The molecule has 6 heteroatoms. The monoisotopic (exact) mass is 333 g/mol. The molecule has 0 atom stereocenters. The van der Waals surface area contributed by atoms with Crippen LogP contribution in [-0.4, -0.2) is 21.8 Å². The summed E-state index contributed by atoms with van der Waals surface area (Å²) < 4.78 is 0. The number of hydrogen-bond acceptors (Lipinski definition) is 5. The van der Waals surface area contributed by atoms with Gasteiger partial charge in [-0.05, 0) is 42.1 Å². The Morgan fingerprint density at radius 3 is 2.00 bits per heavy atom. The molecule has 1 aliphatic heterocycles. The van der Waals surface area contributed by atoms with Crippen molar-refractivity contribution in [3.63, 3.8) is 0 Å². The van der Waals surface area contributed by atoms with Gasteiger partial charge in [0.2, 0.25) is 0 Å². The number of anilines is 1. The van der Waals surface area contributed by atoms with Crippen LogP contribution < -0.4 is 4.90 Å². The highest BCUT2D eigenvalue weighted by molar-refractivity contribution is 7.99. The first-order chi connectivity index (χ1) is 11.8. The third-order valence-corrected chi connectivity index (χ3v) is 4.60. The third-order valence-electron chi connectivity index (χ3n) is 3.64. The molecule has 0 unspecified atom stereocenters. The summed E-state index contributed by atoms with van der Waals surface area (Å²) in [5.74, 6) is -0.615. The molecule has 0 N–H and O–H groups in total. The van der Waals surface area contributed by atoms with Gasteiger partial charge in [0.05, 0.1) is 16.8 Å². The molecule has 3 aromatic rings. The molecule has 1 aromatic heterocycles. The van der Waals surface area contributed by atoms with Crippen molar-refractivity contribution in [1.82, 2.24) is 9.97 Å². The van der Waals surface area contributed by atoms with Crippen molar-refractivity contribution in [2.24, 2.45) is 0 Å². The number of carbonyl (C=O) groups is 2. The molecule has 0 spiro atoms. The van der Waals surface area contributed by atoms with Crippen LogP contribution in [0.4, 0.5) is 5.69 Å². The minimum Gasteiger partial charge on any atom is -0.268 e. The van der Waals surface area contributed by atoms with E-state index >= 15 is 0 Å². The smallest absolute Gasteiger partial charge is 0.266 e. The lowest BCUT2D eigenvalue weighted by Crippen LogP contribution is -2.29. The van der Waals surface area contributed by atoms with Gasteiger partial charge in [0, 0.05) is 17.3 Å². The minimum atomic E-state index is -0.308. The van der Waals surface area contributed by atoms with E-state index in [0.717, 1.165) is 4.90 Å². The molecule has 5 nitrogen and oxygen atoms in total. The fraction of sp³-hybridized carbons (Fsp3) is 0. The van der Waals surface area contributed by atoms with Gasteiger partial charge in [-0.25, -0.2) is 14.9 Å². The van der Waals surface area contributed by atoms with Crippen molar-refractivity contribution in [1.29, 1.82) is 0 Å². The maximum absolute atomic E-state index is 12.7. The van der Waals surface area contributed by atoms with Gasteiger partial charge in [-0.3, -0.25) is 9.59 Å². The van der Waals surface area contributed by atoms with Crippen molar-refractivity contribution in [3.8, 4) is 0 Å². The Kier molecular flexibility index (Phi) is 3.59. The van der Waals surface area contributed by atoms with Gasteiger partial charge in [-0.2, -0.15) is 0 Å². The predicted octanol–water partition coefficient (Wildman–Crippen LogP) is 3.43. The lowest BCUT2D eigenvalue weighted by molar-refractivity contribution is 0.0925. The number of fused-ring (bicyclic) bond motifs is 1. The fourth-order valence-electron chi connectivity index (χ4n) is 2.57. The Labute approximate surface area is 142 Å². The quantitative estimate of drug-likeness (QED) is 0.543. The fourth-order valence-corrected chi connectivity index (χ4v) is 3.41. The minimum absolute atomic E-state index is 0.308. The summed E-state index contributed by atoms with van der Waals surface area (Å²) in [5, 5.41) is 0.557. The van der Waals surface area contributed by atoms with Crippen LogP contribution in [0.15, 0.2) is 77.0 Å². The second-order valence-electron chi connectivity index (χ2n) is 5.09. The lowest BCUT2D eigenvalue weighted by Gasteiger charge is -2.17. The second-order valence-corrected chi connectivity index (χ2v) is 6.10. The summed E-state index contributed by atoms with van der Waals surface area (Å²) in [7, 11) is 0. The molecule has 0 saturated heterocycles. The number of nitrogens with zero attached hydrogens (tertiary/aromatic N) is 3. The van der Waals surface area contributed by atoms with Gasteiger partial charge in [-0.1, -0.05) is 24.3 Å². The van der Waals surface area contributed by atoms with Crippen molar-refractivity contribution in [2.75, 3.05) is 4.90 Å². The Morgan fingerprint density at radius 1 is 0.750 bits per heavy atom. The molecular formula is C18H11N3O2S. The number of amides is 2. The van der Waals surface area contributed by atoms with Crippen LogP contribution in [0.25, 0.3) is 0 Å². The van der Waals surface area contributed by atoms with Gasteiger partial charge in [0.15, 0.2) is 5.16 Å². The SMILES string of the molecule is O=C1c2ccccc2C(=O)N1c1ccccc1Sc1ncccn1. The van der Waals surface area contributed by atoms with Crippen molar-refractivity contribution in [2.45, 2.75) is 10.1 Å². The van der Waals surface area contributed by atoms with E-state index in [2.05, 4.69) is 9.97 Å². The zero-order chi connectivity index (χ0) is 16.5. The first-order valence-electron chi connectivity index (χ1n) is 7.27. The van der Waals surface area contributed by atoms with Crippen LogP contribution in [0.5, 0.6) is 0 Å². The molecule has 2 heterocycles. The third kappa shape index (κ3) is 2.37. The maximum Gasteiger partial charge on any atom is 0.266 e. The Hall–Kier alpha value is -2.99. The number of carbonyl (C=O) groups excluding carboxylic acids is 2. The normalized spacial score (nSPS) is 13.2. The molecule has 4 rings (SSSR count). The first kappa shape index (κ1) is 14.6. The molecule has 1 aliphatic rings. The Morgan fingerprint density at radius 2 is 1.33 bits per heavy atom. The number of benzene rings is 2. The summed E-state index contributed by atoms with van der Waals surface area (Å²) in [5.41, 5.74) is 1.40. The van der Waals surface area contributed by atoms with E-state index in [1.165, 1.54) is 16.7 Å². The highest BCUT2D eigenvalue weighted by Crippen LogP contribution is 2.37. The van der Waals surface area contributed by atoms with E-state index in [4.69, 9.17) is 0 Å². The van der Waals surface area contributed by atoms with Crippen molar-refractivity contribution < 1.29 is 9.59 Å². The van der Waals surface area contributed by atoms with Crippen molar-refractivity contribution >= 4 is 29.3 Å². The summed E-state index contributed by atoms with van der Waals surface area (Å²) >= 11 is 1.32. The first-order valence-corrected chi connectivity index (χ1v) is 8.09. The van der Waals surface area contributed by atoms with Gasteiger partial charge in [0.1, 0.15) is 0 Å². The van der Waals surface area contributed by atoms with Crippen LogP contribution in [0.3, 0.4) is 0 Å². The Balaban J connectivity index is 1.76. The number of rotatable bonds is 3. The van der Waals surface area contributed by atoms with E-state index in [0.29, 0.717) is 22.0 Å². The second kappa shape index (κ2) is 5.90. The van der Waals surface area contributed by atoms with Gasteiger partial charge < -0.3 is 0 Å². The topological polar surface area (TPSA) is 63.2 Å². The van der Waals surface area contributed by atoms with Gasteiger partial charge in [0.25, 0.3) is 11.8 Å². The number of aromatic nitrogens is 2. The van der Waals surface area contributed by atoms with E-state index < -0.39 is 0 Å². The van der Waals surface area contributed by atoms with Crippen molar-refractivity contribution in [3.05, 3.63) is 78.1 Å². The zero-order valence-corrected chi connectivity index (χ0v) is 13.2. The Bertz CT molecular complexity index is 909. The van der Waals surface area contributed by atoms with Crippen LogP contribution in [0.2, 0.25) is 0 Å². The van der Waals surface area contributed by atoms with E-state index in [-0.39, 0.29) is 11.8 Å². The molecule has 24 heavy (non-hydrogen) atoms. The molecular weight excluding hydrogens is 322 g/mol. The van der Waals surface area contributed by atoms with E-state index in [1.54, 1.807) is 54.9 Å². The highest BCUT2D eigenvalue weighted by Gasteiger charge is 2.37.